The van der Waals surface area contributed by atoms with Crippen LogP contribution in [0.15, 0.2) is 35.9 Å². The van der Waals surface area contributed by atoms with Crippen molar-refractivity contribution in [3.8, 4) is 11.8 Å². The Labute approximate surface area is 181 Å². The summed E-state index contributed by atoms with van der Waals surface area (Å²) in [5, 5.41) is 12.5. The second kappa shape index (κ2) is 11.8. The number of thiophene rings is 1. The van der Waals surface area contributed by atoms with Gasteiger partial charge in [-0.2, -0.15) is 5.26 Å². The van der Waals surface area contributed by atoms with Gasteiger partial charge in [0.2, 0.25) is 0 Å². The maximum absolute atomic E-state index is 12.6. The first-order valence-electron chi connectivity index (χ1n) is 9.98. The van der Waals surface area contributed by atoms with Gasteiger partial charge in [-0.05, 0) is 49.6 Å². The number of esters is 1. The number of carbonyl (C=O) groups is 2. The molecule has 1 N–H and O–H groups in total. The molecule has 0 aliphatic rings. The van der Waals surface area contributed by atoms with Crippen LogP contribution in [0.2, 0.25) is 0 Å². The summed E-state index contributed by atoms with van der Waals surface area (Å²) in [7, 11) is 0. The normalized spacial score (nSPS) is 10.9. The Hall–Kier alpha value is -3.11. The third-order valence-corrected chi connectivity index (χ3v) is 5.37. The third-order valence-electron chi connectivity index (χ3n) is 4.18. The SMILES string of the molecule is CCCCOc1ccc(C=C(C#N)C(=O)Nc2sc(CC)cc2C(=O)OCC)cc1. The fraction of sp³-hybridized carbons (Fsp3) is 0.348. The molecule has 1 amide bonds. The molecule has 0 aliphatic heterocycles. The summed E-state index contributed by atoms with van der Waals surface area (Å²) in [4.78, 5) is 25.8. The summed E-state index contributed by atoms with van der Waals surface area (Å²) < 4.78 is 10.7. The van der Waals surface area contributed by atoms with Crippen LogP contribution in [0.5, 0.6) is 5.75 Å². The summed E-state index contributed by atoms with van der Waals surface area (Å²) >= 11 is 1.30. The van der Waals surface area contributed by atoms with E-state index in [2.05, 4.69) is 12.2 Å². The molecular formula is C23H26N2O4S. The number of nitrogens with one attached hydrogen (secondary N) is 1. The van der Waals surface area contributed by atoms with E-state index in [1.165, 1.54) is 17.4 Å². The zero-order valence-corrected chi connectivity index (χ0v) is 18.3. The number of rotatable bonds is 10. The number of aryl methyl sites for hydroxylation is 1. The van der Waals surface area contributed by atoms with E-state index < -0.39 is 11.9 Å². The van der Waals surface area contributed by atoms with Crippen LogP contribution in [0.1, 0.15) is 54.4 Å². The van der Waals surface area contributed by atoms with E-state index in [1.54, 1.807) is 37.3 Å². The van der Waals surface area contributed by atoms with Crippen molar-refractivity contribution in [2.75, 3.05) is 18.5 Å². The minimum atomic E-state index is -0.573. The number of anilines is 1. The van der Waals surface area contributed by atoms with E-state index in [1.807, 2.05) is 13.0 Å². The molecule has 0 fully saturated rings. The van der Waals surface area contributed by atoms with Crippen LogP contribution in [-0.2, 0) is 16.0 Å². The molecule has 158 valence electrons. The van der Waals surface area contributed by atoms with Gasteiger partial charge in [-0.25, -0.2) is 4.79 Å². The van der Waals surface area contributed by atoms with Crippen LogP contribution < -0.4 is 10.1 Å². The molecule has 1 aromatic heterocycles. The highest BCUT2D eigenvalue weighted by molar-refractivity contribution is 7.16. The second-order valence-electron chi connectivity index (χ2n) is 6.42. The van der Waals surface area contributed by atoms with Gasteiger partial charge in [0, 0.05) is 4.88 Å². The lowest BCUT2D eigenvalue weighted by atomic mass is 10.1. The number of nitrogens with zero attached hydrogens (tertiary/aromatic N) is 1. The zero-order chi connectivity index (χ0) is 21.9. The molecule has 0 aliphatic carbocycles. The highest BCUT2D eigenvalue weighted by Crippen LogP contribution is 2.30. The fourth-order valence-corrected chi connectivity index (χ4v) is 3.53. The van der Waals surface area contributed by atoms with Gasteiger partial charge in [0.15, 0.2) is 0 Å². The zero-order valence-electron chi connectivity index (χ0n) is 17.5. The average molecular weight is 427 g/mol. The first kappa shape index (κ1) is 23.2. The van der Waals surface area contributed by atoms with Crippen molar-refractivity contribution in [3.05, 3.63) is 51.9 Å². The maximum Gasteiger partial charge on any atom is 0.341 e. The Kier molecular flexibility index (Phi) is 9.10. The molecule has 6 nitrogen and oxygen atoms in total. The standard InChI is InChI=1S/C23H26N2O4S/c1-4-7-12-29-18-10-8-16(9-11-18)13-17(15-24)21(26)25-22-20(23(27)28-6-3)14-19(5-2)30-22/h8-11,13-14H,4-7,12H2,1-3H3,(H,25,26). The molecular weight excluding hydrogens is 400 g/mol. The fourth-order valence-electron chi connectivity index (χ4n) is 2.55. The highest BCUT2D eigenvalue weighted by Gasteiger charge is 2.20. The Balaban J connectivity index is 2.16. The van der Waals surface area contributed by atoms with Gasteiger partial charge in [0.25, 0.3) is 5.91 Å². The van der Waals surface area contributed by atoms with E-state index in [0.717, 1.165) is 29.9 Å². The Morgan fingerprint density at radius 2 is 1.93 bits per heavy atom. The monoisotopic (exact) mass is 426 g/mol. The molecule has 2 aromatic rings. The minimum Gasteiger partial charge on any atom is -0.494 e. The van der Waals surface area contributed by atoms with Gasteiger partial charge >= 0.3 is 5.97 Å². The van der Waals surface area contributed by atoms with Crippen molar-refractivity contribution in [2.45, 2.75) is 40.0 Å². The van der Waals surface area contributed by atoms with Crippen molar-refractivity contribution in [3.63, 3.8) is 0 Å². The Morgan fingerprint density at radius 1 is 1.20 bits per heavy atom. The summed E-state index contributed by atoms with van der Waals surface area (Å²) in [6.07, 6.45) is 4.27. The van der Waals surface area contributed by atoms with Crippen molar-refractivity contribution >= 4 is 34.3 Å². The average Bonchev–Trinajstić information content (AvgIpc) is 3.16. The second-order valence-corrected chi connectivity index (χ2v) is 7.56. The quantitative estimate of drug-likeness (QED) is 0.244. The van der Waals surface area contributed by atoms with Crippen LogP contribution in [-0.4, -0.2) is 25.1 Å². The predicted molar refractivity (Wildman–Crippen MR) is 119 cm³/mol. The van der Waals surface area contributed by atoms with Gasteiger partial charge in [0.1, 0.15) is 22.4 Å². The van der Waals surface area contributed by atoms with Crippen LogP contribution in [0.25, 0.3) is 6.08 Å². The highest BCUT2D eigenvalue weighted by atomic mass is 32.1. The van der Waals surface area contributed by atoms with Gasteiger partial charge in [-0.3, -0.25) is 4.79 Å². The predicted octanol–water partition coefficient (Wildman–Crippen LogP) is 5.21. The topological polar surface area (TPSA) is 88.4 Å². The summed E-state index contributed by atoms with van der Waals surface area (Å²) in [5.74, 6) is -0.325. The molecule has 0 radical (unpaired) electrons. The number of hydrogen-bond donors (Lipinski definition) is 1. The van der Waals surface area contributed by atoms with Gasteiger partial charge in [0.05, 0.1) is 18.8 Å². The lowest BCUT2D eigenvalue weighted by Crippen LogP contribution is -2.15. The molecule has 0 atom stereocenters. The summed E-state index contributed by atoms with van der Waals surface area (Å²) in [5.41, 5.74) is 0.949. The number of nitriles is 1. The number of hydrogen-bond acceptors (Lipinski definition) is 6. The summed E-state index contributed by atoms with van der Waals surface area (Å²) in [6, 6.07) is 10.8. The first-order chi connectivity index (χ1) is 14.5. The van der Waals surface area contributed by atoms with Crippen LogP contribution in [0.4, 0.5) is 5.00 Å². The Morgan fingerprint density at radius 3 is 2.53 bits per heavy atom. The molecule has 1 aromatic carbocycles. The van der Waals surface area contributed by atoms with Crippen molar-refractivity contribution in [1.29, 1.82) is 5.26 Å². The van der Waals surface area contributed by atoms with E-state index in [4.69, 9.17) is 9.47 Å². The molecule has 0 unspecified atom stereocenters. The van der Waals surface area contributed by atoms with Crippen LogP contribution in [0.3, 0.4) is 0 Å². The molecule has 2 rings (SSSR count). The first-order valence-corrected chi connectivity index (χ1v) is 10.8. The molecule has 1 heterocycles. The van der Waals surface area contributed by atoms with Gasteiger partial charge in [-0.1, -0.05) is 32.4 Å². The number of unbranched alkanes of at least 4 members (excludes halogenated alkanes) is 1. The summed E-state index contributed by atoms with van der Waals surface area (Å²) in [6.45, 7) is 6.68. The van der Waals surface area contributed by atoms with Crippen LogP contribution >= 0.6 is 11.3 Å². The molecule has 0 bridgehead atoms. The molecule has 7 heteroatoms. The minimum absolute atomic E-state index is 0.0593. The molecule has 0 spiro atoms. The number of carbonyl (C=O) groups excluding carboxylic acids is 2. The third kappa shape index (κ3) is 6.46. The lowest BCUT2D eigenvalue weighted by molar-refractivity contribution is -0.112. The number of amides is 1. The maximum atomic E-state index is 12.6. The van der Waals surface area contributed by atoms with E-state index in [0.29, 0.717) is 22.7 Å². The lowest BCUT2D eigenvalue weighted by Gasteiger charge is -2.06. The largest absolute Gasteiger partial charge is 0.494 e. The van der Waals surface area contributed by atoms with E-state index in [-0.39, 0.29) is 12.2 Å². The van der Waals surface area contributed by atoms with Crippen LogP contribution in [0, 0.1) is 11.3 Å². The number of ether oxygens (including phenoxy) is 2. The van der Waals surface area contributed by atoms with E-state index >= 15 is 0 Å². The Bertz CT molecular complexity index is 939. The number of benzene rings is 1. The van der Waals surface area contributed by atoms with Gasteiger partial charge in [-0.15, -0.1) is 11.3 Å². The van der Waals surface area contributed by atoms with Crippen molar-refractivity contribution < 1.29 is 19.1 Å². The molecule has 0 saturated carbocycles. The van der Waals surface area contributed by atoms with Crippen molar-refractivity contribution in [2.24, 2.45) is 0 Å². The van der Waals surface area contributed by atoms with E-state index in [9.17, 15) is 14.9 Å². The smallest absolute Gasteiger partial charge is 0.341 e. The van der Waals surface area contributed by atoms with Crippen molar-refractivity contribution in [1.82, 2.24) is 0 Å². The molecule has 30 heavy (non-hydrogen) atoms. The van der Waals surface area contributed by atoms with Gasteiger partial charge < -0.3 is 14.8 Å². The molecule has 0 saturated heterocycles.